The first-order chi connectivity index (χ1) is 15.6. The van der Waals surface area contributed by atoms with E-state index in [-0.39, 0.29) is 6.04 Å². The van der Waals surface area contributed by atoms with Gasteiger partial charge in [0.1, 0.15) is 5.76 Å². The Hall–Kier alpha value is -2.69. The van der Waals surface area contributed by atoms with Crippen molar-refractivity contribution in [1.29, 1.82) is 0 Å². The molecule has 2 aromatic heterocycles. The van der Waals surface area contributed by atoms with Gasteiger partial charge in [0, 0.05) is 28.4 Å². The molecule has 164 valence electrons. The molecule has 4 heteroatoms. The maximum absolute atomic E-state index is 6.14. The summed E-state index contributed by atoms with van der Waals surface area (Å²) >= 11 is 1.98. The van der Waals surface area contributed by atoms with Crippen LogP contribution >= 0.6 is 11.3 Å². The van der Waals surface area contributed by atoms with Crippen LogP contribution in [0.15, 0.2) is 59.0 Å². The van der Waals surface area contributed by atoms with E-state index >= 15 is 0 Å². The summed E-state index contributed by atoms with van der Waals surface area (Å²) in [5.41, 5.74) is 7.80. The van der Waals surface area contributed by atoms with Crippen LogP contribution in [-0.2, 0) is 19.4 Å². The number of rotatable bonds is 5. The minimum atomic E-state index is 0.266. The highest BCUT2D eigenvalue weighted by atomic mass is 32.1. The summed E-state index contributed by atoms with van der Waals surface area (Å²) in [7, 11) is 0. The molecule has 0 unspecified atom stereocenters. The van der Waals surface area contributed by atoms with Crippen molar-refractivity contribution in [2.75, 3.05) is 6.54 Å². The fraction of sp³-hybridized carbons (Fsp3) is 0.321. The van der Waals surface area contributed by atoms with E-state index in [2.05, 4.69) is 74.2 Å². The molecule has 0 bridgehead atoms. The lowest BCUT2D eigenvalue weighted by Gasteiger charge is -2.36. The van der Waals surface area contributed by atoms with Crippen molar-refractivity contribution in [2.45, 2.75) is 53.1 Å². The highest BCUT2D eigenvalue weighted by Gasteiger charge is 2.33. The maximum atomic E-state index is 6.14. The number of nitrogens with zero attached hydrogens (tertiary/aromatic N) is 2. The lowest BCUT2D eigenvalue weighted by atomic mass is 9.91. The van der Waals surface area contributed by atoms with Gasteiger partial charge in [-0.25, -0.2) is 4.98 Å². The second-order valence-electron chi connectivity index (χ2n) is 8.70. The molecule has 0 radical (unpaired) electrons. The van der Waals surface area contributed by atoms with Crippen molar-refractivity contribution in [1.82, 2.24) is 9.88 Å². The molecule has 2 aromatic carbocycles. The molecule has 0 fully saturated rings. The van der Waals surface area contributed by atoms with Crippen LogP contribution in [0.1, 0.15) is 56.4 Å². The molecule has 1 aliphatic rings. The Kier molecular flexibility index (Phi) is 5.75. The average Bonchev–Trinajstić information content (AvgIpc) is 3.32. The number of oxazole rings is 1. The van der Waals surface area contributed by atoms with Crippen molar-refractivity contribution >= 4 is 11.3 Å². The summed E-state index contributed by atoms with van der Waals surface area (Å²) in [6.45, 7) is 10.5. The molecule has 4 aromatic rings. The van der Waals surface area contributed by atoms with Gasteiger partial charge in [0.2, 0.25) is 5.89 Å². The number of benzene rings is 2. The van der Waals surface area contributed by atoms with Gasteiger partial charge in [-0.2, -0.15) is 0 Å². The predicted molar refractivity (Wildman–Crippen MR) is 132 cm³/mol. The largest absolute Gasteiger partial charge is 0.441 e. The Morgan fingerprint density at radius 2 is 1.78 bits per heavy atom. The van der Waals surface area contributed by atoms with Crippen molar-refractivity contribution in [3.05, 3.63) is 98.1 Å². The van der Waals surface area contributed by atoms with E-state index in [0.29, 0.717) is 0 Å². The van der Waals surface area contributed by atoms with Gasteiger partial charge in [-0.1, -0.05) is 55.5 Å². The van der Waals surface area contributed by atoms with Crippen LogP contribution < -0.4 is 0 Å². The summed E-state index contributed by atoms with van der Waals surface area (Å²) in [5, 5.41) is 0. The van der Waals surface area contributed by atoms with Gasteiger partial charge in [-0.3, -0.25) is 4.90 Å². The summed E-state index contributed by atoms with van der Waals surface area (Å²) < 4.78 is 6.14. The van der Waals surface area contributed by atoms with Gasteiger partial charge >= 0.3 is 0 Å². The molecule has 1 atom stereocenters. The third-order valence-corrected chi connectivity index (χ3v) is 7.94. The molecule has 0 N–H and O–H groups in total. The number of thiophene rings is 1. The van der Waals surface area contributed by atoms with E-state index in [4.69, 9.17) is 9.40 Å². The molecular formula is C28H30N2OS. The Balaban J connectivity index is 1.52. The molecular weight excluding hydrogens is 412 g/mol. The van der Waals surface area contributed by atoms with Crippen molar-refractivity contribution < 1.29 is 4.42 Å². The van der Waals surface area contributed by atoms with Crippen molar-refractivity contribution in [2.24, 2.45) is 0 Å². The first-order valence-corrected chi connectivity index (χ1v) is 12.3. The quantitative estimate of drug-likeness (QED) is 0.332. The van der Waals surface area contributed by atoms with Gasteiger partial charge in [-0.15, -0.1) is 11.3 Å². The third kappa shape index (κ3) is 3.72. The third-order valence-electron chi connectivity index (χ3n) is 6.70. The first kappa shape index (κ1) is 21.2. The lowest BCUT2D eigenvalue weighted by Crippen LogP contribution is -2.35. The molecule has 32 heavy (non-hydrogen) atoms. The Morgan fingerprint density at radius 3 is 2.53 bits per heavy atom. The summed E-state index contributed by atoms with van der Waals surface area (Å²) in [5.74, 6) is 1.64. The molecule has 5 rings (SSSR count). The van der Waals surface area contributed by atoms with E-state index < -0.39 is 0 Å². The monoisotopic (exact) mass is 442 g/mol. The normalized spacial score (nSPS) is 16.3. The van der Waals surface area contributed by atoms with Gasteiger partial charge in [0.15, 0.2) is 0 Å². The van der Waals surface area contributed by atoms with Crippen LogP contribution in [0, 0.1) is 20.8 Å². The van der Waals surface area contributed by atoms with E-state index in [1.165, 1.54) is 20.9 Å². The fourth-order valence-electron chi connectivity index (χ4n) is 5.02. The Bertz CT molecular complexity index is 1240. The zero-order valence-corrected chi connectivity index (χ0v) is 20.1. The second kappa shape index (κ2) is 8.68. The molecule has 3 nitrogen and oxygen atoms in total. The van der Waals surface area contributed by atoms with E-state index in [1.807, 2.05) is 24.3 Å². The summed E-state index contributed by atoms with van der Waals surface area (Å²) in [6.07, 6.45) is 2.22. The van der Waals surface area contributed by atoms with E-state index in [1.54, 1.807) is 11.1 Å². The SMILES string of the molecule is CCc1c(C)sc2c1CCN(Cc1nc(-c3ccccc3C)oc1C)[C@H]2c1ccccc1. The van der Waals surface area contributed by atoms with Crippen LogP contribution in [0.3, 0.4) is 0 Å². The zero-order valence-electron chi connectivity index (χ0n) is 19.3. The zero-order chi connectivity index (χ0) is 22.2. The molecule has 0 saturated carbocycles. The minimum absolute atomic E-state index is 0.266. The van der Waals surface area contributed by atoms with E-state index in [9.17, 15) is 0 Å². The number of hydrogen-bond donors (Lipinski definition) is 0. The van der Waals surface area contributed by atoms with Crippen molar-refractivity contribution in [3.63, 3.8) is 0 Å². The van der Waals surface area contributed by atoms with Crippen LogP contribution in [0.4, 0.5) is 0 Å². The number of fused-ring (bicyclic) bond motifs is 1. The van der Waals surface area contributed by atoms with E-state index in [0.717, 1.165) is 48.8 Å². The van der Waals surface area contributed by atoms with Gasteiger partial charge in [0.25, 0.3) is 0 Å². The van der Waals surface area contributed by atoms with Gasteiger partial charge in [-0.05, 0) is 61.9 Å². The fourth-order valence-corrected chi connectivity index (χ4v) is 6.49. The molecule has 0 saturated heterocycles. The molecule has 0 spiro atoms. The maximum Gasteiger partial charge on any atom is 0.226 e. The van der Waals surface area contributed by atoms with Crippen LogP contribution in [-0.4, -0.2) is 16.4 Å². The number of aryl methyl sites for hydroxylation is 3. The lowest BCUT2D eigenvalue weighted by molar-refractivity contribution is 0.204. The van der Waals surface area contributed by atoms with Crippen LogP contribution in [0.5, 0.6) is 0 Å². The molecule has 3 heterocycles. The number of hydrogen-bond acceptors (Lipinski definition) is 4. The van der Waals surface area contributed by atoms with Gasteiger partial charge < -0.3 is 4.42 Å². The molecule has 0 amide bonds. The smallest absolute Gasteiger partial charge is 0.226 e. The van der Waals surface area contributed by atoms with Crippen molar-refractivity contribution in [3.8, 4) is 11.5 Å². The van der Waals surface area contributed by atoms with Crippen LogP contribution in [0.25, 0.3) is 11.5 Å². The topological polar surface area (TPSA) is 29.3 Å². The second-order valence-corrected chi connectivity index (χ2v) is 9.96. The Labute approximate surface area is 194 Å². The van der Waals surface area contributed by atoms with Gasteiger partial charge in [0.05, 0.1) is 11.7 Å². The average molecular weight is 443 g/mol. The molecule has 1 aliphatic heterocycles. The molecule has 0 aliphatic carbocycles. The van der Waals surface area contributed by atoms with Crippen LogP contribution in [0.2, 0.25) is 0 Å². The number of aromatic nitrogens is 1. The first-order valence-electron chi connectivity index (χ1n) is 11.5. The summed E-state index contributed by atoms with van der Waals surface area (Å²) in [6, 6.07) is 19.5. The highest BCUT2D eigenvalue weighted by molar-refractivity contribution is 7.12. The standard InChI is InChI=1S/C28H30N2OS/c1-5-22-20(4)32-27-24(22)15-16-30(26(27)21-12-7-6-8-13-21)17-25-19(3)31-28(29-25)23-14-10-9-11-18(23)2/h6-14,26H,5,15-17H2,1-4H3/t26-/m0/s1. The summed E-state index contributed by atoms with van der Waals surface area (Å²) in [4.78, 5) is 10.5. The minimum Gasteiger partial charge on any atom is -0.441 e. The predicted octanol–water partition coefficient (Wildman–Crippen LogP) is 7.04. The highest BCUT2D eigenvalue weighted by Crippen LogP contribution is 2.43. The Morgan fingerprint density at radius 1 is 1.03 bits per heavy atom.